The lowest BCUT2D eigenvalue weighted by Gasteiger charge is -2.35. The van der Waals surface area contributed by atoms with Crippen LogP contribution in [0.1, 0.15) is 38.7 Å². The molecule has 0 fully saturated rings. The van der Waals surface area contributed by atoms with Crippen molar-refractivity contribution < 1.29 is 52.2 Å². The first-order chi connectivity index (χ1) is 21.4. The molecule has 0 saturated carbocycles. The van der Waals surface area contributed by atoms with E-state index < -0.39 is 29.9 Å². The summed E-state index contributed by atoms with van der Waals surface area (Å²) >= 11 is 0. The Labute approximate surface area is 255 Å². The van der Waals surface area contributed by atoms with Crippen molar-refractivity contribution in [2.45, 2.75) is 18.4 Å². The van der Waals surface area contributed by atoms with Gasteiger partial charge in [0.05, 0.1) is 26.3 Å². The minimum atomic E-state index is -4.53. The van der Waals surface area contributed by atoms with Gasteiger partial charge < -0.3 is 39.6 Å². The molecule has 0 unspecified atom stereocenters. The highest BCUT2D eigenvalue weighted by Gasteiger charge is 2.35. The Bertz CT molecular complexity index is 1690. The van der Waals surface area contributed by atoms with Gasteiger partial charge in [-0.1, -0.05) is 18.2 Å². The number of phenolic OH excluding ortho intramolecular Hbond substituents is 3. The summed E-state index contributed by atoms with van der Waals surface area (Å²) in [5, 5.41) is 32.6. The number of alkyl halides is 3. The highest BCUT2D eigenvalue weighted by atomic mass is 19.4. The van der Waals surface area contributed by atoms with Gasteiger partial charge in [-0.15, -0.1) is 0 Å². The molecule has 1 aliphatic rings. The average molecular weight is 624 g/mol. The number of carbonyl (C=O) groups is 1. The van der Waals surface area contributed by atoms with Crippen molar-refractivity contribution in [2.75, 3.05) is 20.8 Å². The van der Waals surface area contributed by atoms with Gasteiger partial charge in [0.15, 0.2) is 35.2 Å². The van der Waals surface area contributed by atoms with Crippen LogP contribution in [0.5, 0.6) is 40.2 Å². The minimum Gasteiger partial charge on any atom is -0.508 e. The number of phenols is 3. The van der Waals surface area contributed by atoms with Crippen LogP contribution in [0.15, 0.2) is 72.8 Å². The highest BCUT2D eigenvalue weighted by molar-refractivity contribution is 5.94. The van der Waals surface area contributed by atoms with Gasteiger partial charge in [-0.2, -0.15) is 13.2 Å². The molecule has 234 valence electrons. The number of nitrogens with one attached hydrogen (secondary N) is 1. The number of hydrogen-bond donors (Lipinski definition) is 4. The quantitative estimate of drug-likeness (QED) is 0.168. The molecule has 5 rings (SSSR count). The van der Waals surface area contributed by atoms with Crippen molar-refractivity contribution in [3.05, 3.63) is 101 Å². The van der Waals surface area contributed by atoms with Crippen molar-refractivity contribution in [2.24, 2.45) is 0 Å². The zero-order valence-corrected chi connectivity index (χ0v) is 24.0. The fraction of sp³-hybridized carbons (Fsp3) is 0.182. The van der Waals surface area contributed by atoms with E-state index in [2.05, 4.69) is 5.32 Å². The molecule has 4 aromatic rings. The molecule has 0 radical (unpaired) electrons. The maximum atomic E-state index is 13.0. The largest absolute Gasteiger partial charge is 0.508 e. The average Bonchev–Trinajstić information content (AvgIpc) is 3.01. The van der Waals surface area contributed by atoms with Crippen LogP contribution in [0.3, 0.4) is 0 Å². The van der Waals surface area contributed by atoms with Gasteiger partial charge in [0.25, 0.3) is 5.91 Å². The van der Waals surface area contributed by atoms with Crippen molar-refractivity contribution >= 4 is 18.1 Å². The van der Waals surface area contributed by atoms with E-state index in [1.165, 1.54) is 32.4 Å². The van der Waals surface area contributed by atoms with Gasteiger partial charge >= 0.3 is 6.18 Å². The van der Waals surface area contributed by atoms with Crippen molar-refractivity contribution in [1.82, 2.24) is 5.32 Å². The highest BCUT2D eigenvalue weighted by Crippen LogP contribution is 2.44. The summed E-state index contributed by atoms with van der Waals surface area (Å²) in [5.74, 6) is -0.0711. The zero-order valence-electron chi connectivity index (χ0n) is 24.0. The van der Waals surface area contributed by atoms with Gasteiger partial charge in [0, 0.05) is 17.2 Å². The van der Waals surface area contributed by atoms with Gasteiger partial charge in [0.2, 0.25) is 5.75 Å². The number of benzene rings is 4. The number of carbonyl (C=O) groups excluding carboxylic acids is 1. The molecule has 2 atom stereocenters. The van der Waals surface area contributed by atoms with E-state index in [4.69, 9.17) is 18.9 Å². The predicted molar refractivity (Wildman–Crippen MR) is 158 cm³/mol. The third kappa shape index (κ3) is 7.01. The second kappa shape index (κ2) is 12.6. The van der Waals surface area contributed by atoms with Crippen molar-refractivity contribution in [3.8, 4) is 40.2 Å². The number of rotatable bonds is 8. The number of fused-ring (bicyclic) bond motifs is 1. The number of hydrogen-bond acceptors (Lipinski definition) is 8. The van der Waals surface area contributed by atoms with Crippen LogP contribution >= 0.6 is 0 Å². The Morgan fingerprint density at radius 1 is 0.822 bits per heavy atom. The van der Waals surface area contributed by atoms with Gasteiger partial charge in [-0.3, -0.25) is 4.79 Å². The Morgan fingerprint density at radius 3 is 2.04 bits per heavy atom. The van der Waals surface area contributed by atoms with E-state index in [1.807, 2.05) is 0 Å². The van der Waals surface area contributed by atoms with Crippen LogP contribution in [-0.2, 0) is 6.18 Å². The first-order valence-corrected chi connectivity index (χ1v) is 13.5. The summed E-state index contributed by atoms with van der Waals surface area (Å²) in [5.41, 5.74) is 0.906. The topological polar surface area (TPSA) is 127 Å². The smallest absolute Gasteiger partial charge is 0.416 e. The van der Waals surface area contributed by atoms with Gasteiger partial charge in [0.1, 0.15) is 11.5 Å². The fourth-order valence-electron chi connectivity index (χ4n) is 4.78. The van der Waals surface area contributed by atoms with E-state index in [9.17, 15) is 33.3 Å². The third-order valence-corrected chi connectivity index (χ3v) is 7.00. The lowest BCUT2D eigenvalue weighted by molar-refractivity contribution is -0.137. The van der Waals surface area contributed by atoms with E-state index in [1.54, 1.807) is 42.5 Å². The molecule has 45 heavy (non-hydrogen) atoms. The molecule has 4 aromatic carbocycles. The molecular formula is C33H28F3NO8. The number of methoxy groups -OCH3 is 2. The summed E-state index contributed by atoms with van der Waals surface area (Å²) in [6, 6.07) is 16.3. The number of aromatic hydroxyl groups is 3. The van der Waals surface area contributed by atoms with E-state index in [0.29, 0.717) is 28.2 Å². The second-order valence-corrected chi connectivity index (χ2v) is 10.1. The molecule has 12 heteroatoms. The molecule has 9 nitrogen and oxygen atoms in total. The van der Waals surface area contributed by atoms with Gasteiger partial charge in [-0.05, 0) is 71.8 Å². The summed E-state index contributed by atoms with van der Waals surface area (Å²) < 4.78 is 62.1. The molecule has 0 aromatic heterocycles. The summed E-state index contributed by atoms with van der Waals surface area (Å²) in [6.45, 7) is -0.0991. The Morgan fingerprint density at radius 2 is 1.44 bits per heavy atom. The standard InChI is InChI=1S/C33H28F3NO8/c1-42-27-14-21(15-28(43-2)30(27)40)31-29(17-37-32(41)20-6-8-22(9-7-20)33(34,35)36)44-25-10-5-18(13-26(25)45-31)3-4-19-11-23(38)16-24(39)12-19/h3-16,29,31,38-40H,17H2,1-2H3,(H,37,41)/b4-3+/t29-,31-/m0/s1. The zero-order chi connectivity index (χ0) is 32.3. The summed E-state index contributed by atoms with van der Waals surface area (Å²) in [7, 11) is 2.75. The van der Waals surface area contributed by atoms with Gasteiger partial charge in [-0.25, -0.2) is 0 Å². The van der Waals surface area contributed by atoms with E-state index in [-0.39, 0.29) is 40.9 Å². The summed E-state index contributed by atoms with van der Waals surface area (Å²) in [4.78, 5) is 12.9. The fourth-order valence-corrected chi connectivity index (χ4v) is 4.78. The molecule has 1 amide bonds. The molecule has 1 heterocycles. The number of amides is 1. The van der Waals surface area contributed by atoms with Crippen LogP contribution in [0.25, 0.3) is 12.2 Å². The second-order valence-electron chi connectivity index (χ2n) is 10.1. The maximum absolute atomic E-state index is 13.0. The van der Waals surface area contributed by atoms with Crippen molar-refractivity contribution in [3.63, 3.8) is 0 Å². The first-order valence-electron chi connectivity index (χ1n) is 13.5. The lowest BCUT2D eigenvalue weighted by Crippen LogP contribution is -2.43. The van der Waals surface area contributed by atoms with Crippen LogP contribution < -0.4 is 24.3 Å². The molecule has 0 spiro atoms. The SMILES string of the molecule is COc1cc([C@@H]2Oc3cc(/C=C/c4cc(O)cc(O)c4)ccc3O[C@H]2CNC(=O)c2ccc(C(F)(F)F)cc2)cc(OC)c1O. The van der Waals surface area contributed by atoms with Crippen LogP contribution in [-0.4, -0.2) is 48.1 Å². The molecular weight excluding hydrogens is 595 g/mol. The minimum absolute atomic E-state index is 0.0288. The van der Waals surface area contributed by atoms with Crippen LogP contribution in [0.4, 0.5) is 13.2 Å². The lowest BCUT2D eigenvalue weighted by atomic mass is 10.0. The number of ether oxygens (including phenoxy) is 4. The van der Waals surface area contributed by atoms with E-state index in [0.717, 1.165) is 24.3 Å². The maximum Gasteiger partial charge on any atom is 0.416 e. The monoisotopic (exact) mass is 623 g/mol. The predicted octanol–water partition coefficient (Wildman–Crippen LogP) is 6.32. The molecule has 0 aliphatic carbocycles. The van der Waals surface area contributed by atoms with Crippen LogP contribution in [0, 0.1) is 0 Å². The van der Waals surface area contributed by atoms with Crippen LogP contribution in [0.2, 0.25) is 0 Å². The van der Waals surface area contributed by atoms with E-state index >= 15 is 0 Å². The molecule has 1 aliphatic heterocycles. The summed E-state index contributed by atoms with van der Waals surface area (Å²) in [6.07, 6.45) is -2.78. The Hall–Kier alpha value is -5.52. The first kappa shape index (κ1) is 30.9. The normalized spacial score (nSPS) is 15.9. The Kier molecular flexibility index (Phi) is 8.66. The molecule has 4 N–H and O–H groups in total. The Balaban J connectivity index is 1.43. The van der Waals surface area contributed by atoms with Crippen molar-refractivity contribution in [1.29, 1.82) is 0 Å². The molecule has 0 saturated heterocycles. The number of halogens is 3. The third-order valence-electron chi connectivity index (χ3n) is 7.00. The molecule has 0 bridgehead atoms.